The fourth-order valence-electron chi connectivity index (χ4n) is 2.24. The zero-order chi connectivity index (χ0) is 24.3. The minimum absolute atomic E-state index is 0.0251. The number of carbonyl (C=O) groups is 1. The molecule has 1 unspecified atom stereocenters. The molecule has 1 atom stereocenters. The van der Waals surface area contributed by atoms with Crippen LogP contribution in [0.5, 0.6) is 0 Å². The van der Waals surface area contributed by atoms with Crippen molar-refractivity contribution in [2.75, 3.05) is 60.7 Å². The van der Waals surface area contributed by atoms with E-state index in [1.807, 2.05) is 21.1 Å². The van der Waals surface area contributed by atoms with Gasteiger partial charge in [-0.25, -0.2) is 13.9 Å². The number of phosphoric acid groups is 1. The van der Waals surface area contributed by atoms with Crippen molar-refractivity contribution in [1.82, 2.24) is 0 Å². The molecular formula is C19H39NO10P+. The Morgan fingerprint density at radius 2 is 1.35 bits per heavy atom. The molecule has 0 radical (unpaired) electrons. The molecule has 0 aliphatic rings. The van der Waals surface area contributed by atoms with E-state index in [1.54, 1.807) is 27.7 Å². The molecule has 0 aliphatic heterocycles. The number of rotatable bonds is 17. The normalized spacial score (nSPS) is 14.9. The van der Waals surface area contributed by atoms with Crippen LogP contribution < -0.4 is 0 Å². The van der Waals surface area contributed by atoms with Gasteiger partial charge in [-0.3, -0.25) is 4.52 Å². The fourth-order valence-corrected chi connectivity index (χ4v) is 3.13. The van der Waals surface area contributed by atoms with Crippen LogP contribution in [0.25, 0.3) is 0 Å². The van der Waals surface area contributed by atoms with Gasteiger partial charge >= 0.3 is 25.7 Å². The van der Waals surface area contributed by atoms with Crippen LogP contribution in [0.15, 0.2) is 12.2 Å². The van der Waals surface area contributed by atoms with Crippen molar-refractivity contribution in [2.45, 2.75) is 46.6 Å². The lowest BCUT2D eigenvalue weighted by Gasteiger charge is -2.44. The molecule has 0 amide bonds. The molecule has 0 saturated carbocycles. The van der Waals surface area contributed by atoms with Gasteiger partial charge in [-0.15, -0.1) is 0 Å². The Labute approximate surface area is 185 Å². The Morgan fingerprint density at radius 1 is 0.935 bits per heavy atom. The molecule has 11 nitrogen and oxygen atoms in total. The average Bonchev–Trinajstić information content (AvgIpc) is 2.60. The van der Waals surface area contributed by atoms with Gasteiger partial charge in [0.1, 0.15) is 13.2 Å². The van der Waals surface area contributed by atoms with Crippen LogP contribution in [-0.2, 0) is 42.1 Å². The van der Waals surface area contributed by atoms with E-state index in [9.17, 15) is 14.3 Å². The number of likely N-dealkylation sites (N-methyl/N-ethyl adjacent to an activating group) is 1. The van der Waals surface area contributed by atoms with Crippen LogP contribution in [-0.4, -0.2) is 88.0 Å². The maximum atomic E-state index is 12.8. The highest BCUT2D eigenvalue weighted by Gasteiger charge is 2.66. The largest absolute Gasteiger partial charge is 0.477 e. The van der Waals surface area contributed by atoms with Gasteiger partial charge in [-0.05, 0) is 34.6 Å². The van der Waals surface area contributed by atoms with Gasteiger partial charge < -0.3 is 33.1 Å². The number of carbonyl (C=O) groups excluding carboxylic acids is 1. The number of hydrogen-bond donors (Lipinski definition) is 1. The van der Waals surface area contributed by atoms with E-state index in [-0.39, 0.29) is 38.6 Å². The summed E-state index contributed by atoms with van der Waals surface area (Å²) in [5.74, 6) is -5.97. The van der Waals surface area contributed by atoms with Gasteiger partial charge in [-0.1, -0.05) is 6.58 Å². The third kappa shape index (κ3) is 9.65. The van der Waals surface area contributed by atoms with Crippen LogP contribution >= 0.6 is 7.82 Å². The monoisotopic (exact) mass is 472 g/mol. The van der Waals surface area contributed by atoms with Crippen LogP contribution in [0, 0.1) is 0 Å². The molecule has 184 valence electrons. The van der Waals surface area contributed by atoms with Crippen molar-refractivity contribution in [2.24, 2.45) is 0 Å². The minimum atomic E-state index is -4.80. The minimum Gasteiger partial charge on any atom is -0.398 e. The molecule has 0 spiro atoms. The van der Waals surface area contributed by atoms with E-state index < -0.39 is 25.7 Å². The van der Waals surface area contributed by atoms with Crippen LogP contribution in [0.4, 0.5) is 0 Å². The third-order valence-corrected chi connectivity index (χ3v) is 4.52. The first-order chi connectivity index (χ1) is 14.2. The Hall–Kier alpha value is -0.880. The molecule has 0 aromatic carbocycles. The molecule has 0 aromatic heterocycles. The Morgan fingerprint density at radius 3 is 1.71 bits per heavy atom. The van der Waals surface area contributed by atoms with Crippen molar-refractivity contribution in [1.29, 1.82) is 0 Å². The summed E-state index contributed by atoms with van der Waals surface area (Å²) in [6, 6.07) is 0. The SMILES string of the molecule is C=C(C)C(=O)OC(OCC)(OCC)C(OCC)(OCC)OP(=O)(O)OCC[N+](C)(C)C. The fraction of sp³-hybridized carbons (Fsp3) is 0.842. The summed E-state index contributed by atoms with van der Waals surface area (Å²) in [5, 5.41) is 0. The number of phosphoric ester groups is 1. The molecule has 1 N–H and O–H groups in total. The number of esters is 1. The summed E-state index contributed by atoms with van der Waals surface area (Å²) in [6.07, 6.45) is 0. The number of hydrogen-bond acceptors (Lipinski definition) is 9. The van der Waals surface area contributed by atoms with E-state index in [4.69, 9.17) is 32.7 Å². The molecule has 0 bridgehead atoms. The van der Waals surface area contributed by atoms with E-state index in [2.05, 4.69) is 6.58 Å². The summed E-state index contributed by atoms with van der Waals surface area (Å²) < 4.78 is 51.5. The van der Waals surface area contributed by atoms with Crippen molar-refractivity contribution in [3.63, 3.8) is 0 Å². The summed E-state index contributed by atoms with van der Waals surface area (Å²) in [5.41, 5.74) is 0.0251. The Balaban J connectivity index is 6.31. The predicted molar refractivity (Wildman–Crippen MR) is 113 cm³/mol. The summed E-state index contributed by atoms with van der Waals surface area (Å²) in [4.78, 5) is 22.8. The summed E-state index contributed by atoms with van der Waals surface area (Å²) in [7, 11) is 0.873. The van der Waals surface area contributed by atoms with Crippen molar-refractivity contribution in [3.05, 3.63) is 12.2 Å². The molecule has 0 aromatic rings. The van der Waals surface area contributed by atoms with Crippen LogP contribution in [0.3, 0.4) is 0 Å². The van der Waals surface area contributed by atoms with Crippen molar-refractivity contribution < 1.29 is 51.5 Å². The van der Waals surface area contributed by atoms with Crippen LogP contribution in [0.2, 0.25) is 0 Å². The van der Waals surface area contributed by atoms with Gasteiger partial charge in [0.25, 0.3) is 0 Å². The van der Waals surface area contributed by atoms with E-state index in [0.29, 0.717) is 11.0 Å². The molecular weight excluding hydrogens is 433 g/mol. The molecule has 31 heavy (non-hydrogen) atoms. The lowest BCUT2D eigenvalue weighted by atomic mass is 10.3. The van der Waals surface area contributed by atoms with E-state index in [0.717, 1.165) is 0 Å². The summed E-state index contributed by atoms with van der Waals surface area (Å²) in [6.45, 7) is 11.4. The standard InChI is InChI=1S/C19H38NO10P/c1-10-24-18(25-11-2,29-17(21)16(5)6)19(26-12-3,27-13-4)30-31(22,23)28-15-14-20(7,8)9/h5,10-15H2,1-4,6-9H3/p+1. The number of quaternary nitrogens is 1. The lowest BCUT2D eigenvalue weighted by molar-refractivity contribution is -0.870. The van der Waals surface area contributed by atoms with Gasteiger partial charge in [-0.2, -0.15) is 0 Å². The Kier molecular flexibility index (Phi) is 12.6. The van der Waals surface area contributed by atoms with Gasteiger partial charge in [0, 0.05) is 5.57 Å². The molecule has 0 fully saturated rings. The molecule has 0 heterocycles. The van der Waals surface area contributed by atoms with Crippen molar-refractivity contribution in [3.8, 4) is 0 Å². The van der Waals surface area contributed by atoms with E-state index in [1.165, 1.54) is 6.92 Å². The summed E-state index contributed by atoms with van der Waals surface area (Å²) >= 11 is 0. The van der Waals surface area contributed by atoms with Crippen LogP contribution in [0.1, 0.15) is 34.6 Å². The second kappa shape index (κ2) is 13.0. The molecule has 0 aliphatic carbocycles. The smallest absolute Gasteiger partial charge is 0.398 e. The highest BCUT2D eigenvalue weighted by molar-refractivity contribution is 7.47. The first-order valence-electron chi connectivity index (χ1n) is 10.2. The van der Waals surface area contributed by atoms with E-state index >= 15 is 0 Å². The molecule has 0 rings (SSSR count). The quantitative estimate of drug-likeness (QED) is 0.111. The number of nitrogens with zero attached hydrogens (tertiary/aromatic N) is 1. The number of ether oxygens (including phenoxy) is 5. The molecule has 0 saturated heterocycles. The third-order valence-electron chi connectivity index (χ3n) is 3.54. The lowest BCUT2D eigenvalue weighted by Crippen LogP contribution is -2.64. The average molecular weight is 472 g/mol. The molecule has 12 heteroatoms. The predicted octanol–water partition coefficient (Wildman–Crippen LogP) is 2.40. The van der Waals surface area contributed by atoms with Gasteiger partial charge in [0.2, 0.25) is 0 Å². The first-order valence-corrected chi connectivity index (χ1v) is 11.7. The maximum Gasteiger partial charge on any atom is 0.477 e. The van der Waals surface area contributed by atoms with Gasteiger partial charge in [0.05, 0.1) is 47.6 Å². The highest BCUT2D eigenvalue weighted by Crippen LogP contribution is 2.52. The zero-order valence-corrected chi connectivity index (χ0v) is 20.9. The Bertz CT molecular complexity index is 607. The maximum absolute atomic E-state index is 12.8. The second-order valence-corrected chi connectivity index (χ2v) is 8.80. The first kappa shape index (κ1) is 30.1. The van der Waals surface area contributed by atoms with Crippen molar-refractivity contribution >= 4 is 13.8 Å². The highest BCUT2D eigenvalue weighted by atomic mass is 31.2. The topological polar surface area (TPSA) is 119 Å². The van der Waals surface area contributed by atoms with Gasteiger partial charge in [0.15, 0.2) is 0 Å². The second-order valence-electron chi connectivity index (χ2n) is 7.42. The zero-order valence-electron chi connectivity index (χ0n) is 20.0.